The largest absolute Gasteiger partial charge is 0.492 e. The molecule has 0 unspecified atom stereocenters. The van der Waals surface area contributed by atoms with Crippen LogP contribution in [0.15, 0.2) is 18.2 Å². The zero-order valence-electron chi connectivity index (χ0n) is 8.95. The molecule has 0 fully saturated rings. The Hall–Kier alpha value is -1.06. The summed E-state index contributed by atoms with van der Waals surface area (Å²) < 4.78 is 5.48. The summed E-state index contributed by atoms with van der Waals surface area (Å²) in [5.41, 5.74) is 2.38. The fourth-order valence-electron chi connectivity index (χ4n) is 1.31. The van der Waals surface area contributed by atoms with Crippen LogP contribution in [0.2, 0.25) is 0 Å². The van der Waals surface area contributed by atoms with E-state index in [1.807, 2.05) is 26.0 Å². The summed E-state index contributed by atoms with van der Waals surface area (Å²) in [7, 11) is 1.60. The number of rotatable bonds is 4. The second-order valence-corrected chi connectivity index (χ2v) is 3.55. The van der Waals surface area contributed by atoms with Gasteiger partial charge < -0.3 is 9.94 Å². The molecule has 3 heteroatoms. The summed E-state index contributed by atoms with van der Waals surface area (Å²) in [6, 6.07) is 6.08. The maximum atomic E-state index is 8.89. The van der Waals surface area contributed by atoms with E-state index >= 15 is 0 Å². The Balaban J connectivity index is 2.50. The molecule has 0 saturated heterocycles. The Morgan fingerprint density at radius 3 is 2.29 bits per heavy atom. The molecule has 0 aliphatic rings. The number of hydrogen-bond acceptors (Lipinski definition) is 3. The molecule has 1 aromatic carbocycles. The van der Waals surface area contributed by atoms with Crippen LogP contribution in [0.3, 0.4) is 0 Å². The monoisotopic (exact) mass is 195 g/mol. The number of ether oxygens (including phenoxy) is 1. The van der Waals surface area contributed by atoms with Crippen molar-refractivity contribution in [3.63, 3.8) is 0 Å². The fraction of sp³-hybridized carbons (Fsp3) is 0.455. The molecule has 1 N–H and O–H groups in total. The van der Waals surface area contributed by atoms with Crippen molar-refractivity contribution in [2.45, 2.75) is 13.8 Å². The Bertz CT molecular complexity index is 277. The standard InChI is InChI=1S/C11H17NO2/c1-9-6-10(2)8-11(7-9)14-5-4-12(3)13/h6-8,13H,4-5H2,1-3H3. The van der Waals surface area contributed by atoms with Crippen LogP contribution in [0, 0.1) is 13.8 Å². The summed E-state index contributed by atoms with van der Waals surface area (Å²) in [4.78, 5) is 0. The molecular formula is C11H17NO2. The van der Waals surface area contributed by atoms with Gasteiger partial charge in [-0.1, -0.05) is 6.07 Å². The quantitative estimate of drug-likeness (QED) is 0.746. The van der Waals surface area contributed by atoms with E-state index < -0.39 is 0 Å². The third-order valence-electron chi connectivity index (χ3n) is 1.88. The highest BCUT2D eigenvalue weighted by Gasteiger charge is 1.97. The van der Waals surface area contributed by atoms with Crippen LogP contribution < -0.4 is 4.74 Å². The number of benzene rings is 1. The molecule has 3 nitrogen and oxygen atoms in total. The molecule has 0 heterocycles. The van der Waals surface area contributed by atoms with Crippen molar-refractivity contribution in [2.24, 2.45) is 0 Å². The third-order valence-corrected chi connectivity index (χ3v) is 1.88. The second kappa shape index (κ2) is 4.98. The summed E-state index contributed by atoms with van der Waals surface area (Å²) in [6.07, 6.45) is 0. The van der Waals surface area contributed by atoms with Gasteiger partial charge in [-0.15, -0.1) is 0 Å². The van der Waals surface area contributed by atoms with Crippen LogP contribution in [0.5, 0.6) is 5.75 Å². The van der Waals surface area contributed by atoms with Crippen LogP contribution >= 0.6 is 0 Å². The Morgan fingerprint density at radius 1 is 1.21 bits per heavy atom. The molecule has 14 heavy (non-hydrogen) atoms. The molecular weight excluding hydrogens is 178 g/mol. The maximum Gasteiger partial charge on any atom is 0.119 e. The van der Waals surface area contributed by atoms with Crippen molar-refractivity contribution in [3.8, 4) is 5.75 Å². The highest BCUT2D eigenvalue weighted by atomic mass is 16.5. The van der Waals surface area contributed by atoms with E-state index in [1.54, 1.807) is 7.05 Å². The molecule has 1 aromatic rings. The van der Waals surface area contributed by atoms with Crippen LogP contribution in [-0.2, 0) is 0 Å². The van der Waals surface area contributed by atoms with Gasteiger partial charge >= 0.3 is 0 Å². The minimum Gasteiger partial charge on any atom is -0.492 e. The lowest BCUT2D eigenvalue weighted by Crippen LogP contribution is -2.20. The zero-order chi connectivity index (χ0) is 10.6. The van der Waals surface area contributed by atoms with Crippen LogP contribution in [-0.4, -0.2) is 30.5 Å². The lowest BCUT2D eigenvalue weighted by atomic mass is 10.1. The predicted molar refractivity (Wildman–Crippen MR) is 55.8 cm³/mol. The minimum atomic E-state index is 0.496. The van der Waals surface area contributed by atoms with E-state index in [9.17, 15) is 0 Å². The topological polar surface area (TPSA) is 32.7 Å². The zero-order valence-corrected chi connectivity index (χ0v) is 8.95. The summed E-state index contributed by atoms with van der Waals surface area (Å²) in [6.45, 7) is 5.08. The Kier molecular flexibility index (Phi) is 3.92. The van der Waals surface area contributed by atoms with Crippen molar-refractivity contribution in [1.29, 1.82) is 0 Å². The first-order chi connectivity index (χ1) is 6.58. The summed E-state index contributed by atoms with van der Waals surface area (Å²) in [5, 5.41) is 10.0. The molecule has 1 rings (SSSR count). The highest BCUT2D eigenvalue weighted by molar-refractivity contribution is 5.32. The van der Waals surface area contributed by atoms with Crippen LogP contribution in [0.1, 0.15) is 11.1 Å². The number of likely N-dealkylation sites (N-methyl/N-ethyl adjacent to an activating group) is 1. The molecule has 0 atom stereocenters. The van der Waals surface area contributed by atoms with Gasteiger partial charge in [0, 0.05) is 7.05 Å². The van der Waals surface area contributed by atoms with Crippen molar-refractivity contribution in [3.05, 3.63) is 29.3 Å². The Morgan fingerprint density at radius 2 is 1.79 bits per heavy atom. The smallest absolute Gasteiger partial charge is 0.119 e. The van der Waals surface area contributed by atoms with Crippen molar-refractivity contribution in [1.82, 2.24) is 5.06 Å². The van der Waals surface area contributed by atoms with Crippen molar-refractivity contribution >= 4 is 0 Å². The summed E-state index contributed by atoms with van der Waals surface area (Å²) >= 11 is 0. The normalized spacial score (nSPS) is 10.6. The van der Waals surface area contributed by atoms with Gasteiger partial charge in [0.1, 0.15) is 12.4 Å². The van der Waals surface area contributed by atoms with E-state index in [2.05, 4.69) is 6.07 Å². The van der Waals surface area contributed by atoms with Gasteiger partial charge in [-0.05, 0) is 37.1 Å². The molecule has 0 radical (unpaired) electrons. The molecule has 0 amide bonds. The average molecular weight is 195 g/mol. The molecule has 78 valence electrons. The molecule has 0 aliphatic heterocycles. The molecule has 0 bridgehead atoms. The summed E-state index contributed by atoms with van der Waals surface area (Å²) in [5.74, 6) is 0.865. The highest BCUT2D eigenvalue weighted by Crippen LogP contribution is 2.15. The van der Waals surface area contributed by atoms with Gasteiger partial charge in [0.2, 0.25) is 0 Å². The van der Waals surface area contributed by atoms with Gasteiger partial charge in [0.15, 0.2) is 0 Å². The number of hydroxylamine groups is 2. The fourth-order valence-corrected chi connectivity index (χ4v) is 1.31. The lowest BCUT2D eigenvalue weighted by molar-refractivity contribution is -0.0713. The molecule has 0 saturated carbocycles. The lowest BCUT2D eigenvalue weighted by Gasteiger charge is -2.10. The van der Waals surface area contributed by atoms with Crippen LogP contribution in [0.4, 0.5) is 0 Å². The van der Waals surface area contributed by atoms with Gasteiger partial charge in [0.05, 0.1) is 6.54 Å². The molecule has 0 aromatic heterocycles. The molecule has 0 aliphatic carbocycles. The van der Waals surface area contributed by atoms with Gasteiger partial charge in [-0.25, -0.2) is 0 Å². The third kappa shape index (κ3) is 3.77. The SMILES string of the molecule is Cc1cc(C)cc(OCCN(C)O)c1. The van der Waals surface area contributed by atoms with E-state index in [0.717, 1.165) is 10.8 Å². The van der Waals surface area contributed by atoms with Crippen molar-refractivity contribution < 1.29 is 9.94 Å². The number of hydrogen-bond donors (Lipinski definition) is 1. The van der Waals surface area contributed by atoms with Crippen molar-refractivity contribution in [2.75, 3.05) is 20.2 Å². The van der Waals surface area contributed by atoms with Gasteiger partial charge in [-0.3, -0.25) is 0 Å². The minimum absolute atomic E-state index is 0.496. The van der Waals surface area contributed by atoms with Crippen LogP contribution in [0.25, 0.3) is 0 Å². The number of aryl methyl sites for hydroxylation is 2. The first-order valence-corrected chi connectivity index (χ1v) is 4.69. The average Bonchev–Trinajstić information content (AvgIpc) is 2.01. The second-order valence-electron chi connectivity index (χ2n) is 3.55. The van der Waals surface area contributed by atoms with Gasteiger partial charge in [-0.2, -0.15) is 5.06 Å². The van der Waals surface area contributed by atoms with E-state index in [0.29, 0.717) is 13.2 Å². The molecule has 0 spiro atoms. The maximum absolute atomic E-state index is 8.89. The predicted octanol–water partition coefficient (Wildman–Crippen LogP) is 2.00. The number of nitrogens with zero attached hydrogens (tertiary/aromatic N) is 1. The Labute approximate surface area is 84.9 Å². The van der Waals surface area contributed by atoms with E-state index in [4.69, 9.17) is 9.94 Å². The first kappa shape index (κ1) is 11.0. The van der Waals surface area contributed by atoms with E-state index in [1.165, 1.54) is 11.1 Å². The van der Waals surface area contributed by atoms with Gasteiger partial charge in [0.25, 0.3) is 0 Å². The first-order valence-electron chi connectivity index (χ1n) is 4.69. The van der Waals surface area contributed by atoms with E-state index in [-0.39, 0.29) is 0 Å².